The second-order valence-corrected chi connectivity index (χ2v) is 6.78. The van der Waals surface area contributed by atoms with E-state index in [9.17, 15) is 4.79 Å². The van der Waals surface area contributed by atoms with Crippen LogP contribution in [0.4, 0.5) is 0 Å². The average Bonchev–Trinajstić information content (AvgIpc) is 2.63. The van der Waals surface area contributed by atoms with Gasteiger partial charge in [-0.25, -0.2) is 0 Å². The highest BCUT2D eigenvalue weighted by molar-refractivity contribution is 5.92. The van der Waals surface area contributed by atoms with Crippen LogP contribution in [0.1, 0.15) is 84.5 Å². The number of hydrogen-bond acceptors (Lipinski definition) is 1. The first-order chi connectivity index (χ1) is 12.7. The van der Waals surface area contributed by atoms with Gasteiger partial charge in [0.1, 0.15) is 0 Å². The maximum Gasteiger partial charge on any atom is 0.250 e. The van der Waals surface area contributed by atoms with E-state index < -0.39 is 0 Å². The minimum absolute atomic E-state index is 0.153. The number of carbonyl (C=O) groups excluding carboxylic acids is 1. The van der Waals surface area contributed by atoms with E-state index in [1.54, 1.807) is 19.2 Å². The third kappa shape index (κ3) is 18.5. The minimum Gasteiger partial charge on any atom is -0.329 e. The lowest BCUT2D eigenvalue weighted by molar-refractivity contribution is -0.116. The van der Waals surface area contributed by atoms with E-state index in [0.29, 0.717) is 5.57 Å². The van der Waals surface area contributed by atoms with Crippen LogP contribution in [0.2, 0.25) is 0 Å². The summed E-state index contributed by atoms with van der Waals surface area (Å²) < 4.78 is 0. The van der Waals surface area contributed by atoms with Crippen LogP contribution in [0.5, 0.6) is 0 Å². The number of hydrogen-bond donors (Lipinski definition) is 1. The molecule has 1 amide bonds. The van der Waals surface area contributed by atoms with E-state index in [4.69, 9.17) is 0 Å². The van der Waals surface area contributed by atoms with Crippen LogP contribution in [0.3, 0.4) is 0 Å². The van der Waals surface area contributed by atoms with Gasteiger partial charge in [-0.15, -0.1) is 0 Å². The molecule has 0 aromatic heterocycles. The van der Waals surface area contributed by atoms with E-state index >= 15 is 0 Å². The number of unbranched alkanes of at least 4 members (excludes halogenated alkanes) is 10. The van der Waals surface area contributed by atoms with Crippen molar-refractivity contribution in [3.63, 3.8) is 0 Å². The Hall–Kier alpha value is -1.83. The first-order valence-corrected chi connectivity index (χ1v) is 10.3. The van der Waals surface area contributed by atoms with Gasteiger partial charge in [0.2, 0.25) is 5.91 Å². The molecule has 0 aliphatic carbocycles. The molecule has 2 nitrogen and oxygen atoms in total. The summed E-state index contributed by atoms with van der Waals surface area (Å²) >= 11 is 0. The van der Waals surface area contributed by atoms with Gasteiger partial charge in [0.15, 0.2) is 0 Å². The van der Waals surface area contributed by atoms with Crippen LogP contribution in [0, 0.1) is 0 Å². The third-order valence-electron chi connectivity index (χ3n) is 4.11. The fourth-order valence-electron chi connectivity index (χ4n) is 2.48. The van der Waals surface area contributed by atoms with Gasteiger partial charge in [-0.05, 0) is 25.8 Å². The topological polar surface area (TPSA) is 29.1 Å². The molecule has 0 saturated carbocycles. The molecule has 2 heteroatoms. The van der Waals surface area contributed by atoms with Crippen molar-refractivity contribution in [2.45, 2.75) is 84.5 Å². The maximum absolute atomic E-state index is 11.2. The zero-order valence-electron chi connectivity index (χ0n) is 17.0. The summed E-state index contributed by atoms with van der Waals surface area (Å²) in [4.78, 5) is 11.2. The molecule has 0 fully saturated rings. The van der Waals surface area contributed by atoms with Gasteiger partial charge in [0.05, 0.1) is 0 Å². The molecule has 0 radical (unpaired) electrons. The Balaban J connectivity index is 3.45. The zero-order chi connectivity index (χ0) is 19.3. The lowest BCUT2D eigenvalue weighted by atomic mass is 10.1. The first-order valence-electron chi connectivity index (χ1n) is 10.3. The van der Waals surface area contributed by atoms with Crippen LogP contribution in [-0.2, 0) is 4.79 Å². The monoisotopic (exact) mass is 357 g/mol. The van der Waals surface area contributed by atoms with Gasteiger partial charge in [-0.2, -0.15) is 0 Å². The van der Waals surface area contributed by atoms with Gasteiger partial charge in [0.25, 0.3) is 0 Å². The normalized spacial score (nSPS) is 12.1. The van der Waals surface area contributed by atoms with Gasteiger partial charge < -0.3 is 5.32 Å². The molecular formula is C24H39NO. The van der Waals surface area contributed by atoms with Crippen LogP contribution >= 0.6 is 0 Å². The molecule has 1 N–H and O–H groups in total. The van der Waals surface area contributed by atoms with Crippen molar-refractivity contribution in [1.82, 2.24) is 5.32 Å². The highest BCUT2D eigenvalue weighted by Gasteiger charge is 1.95. The third-order valence-corrected chi connectivity index (χ3v) is 4.11. The fourth-order valence-corrected chi connectivity index (χ4v) is 2.48. The van der Waals surface area contributed by atoms with Gasteiger partial charge in [-0.3, -0.25) is 4.79 Å². The summed E-state index contributed by atoms with van der Waals surface area (Å²) in [5.74, 6) is -0.153. The van der Waals surface area contributed by atoms with Crippen molar-refractivity contribution in [3.8, 4) is 0 Å². The Kier molecular flexibility index (Phi) is 18.1. The molecule has 0 bridgehead atoms. The quantitative estimate of drug-likeness (QED) is 0.177. The standard InChI is InChI=1S/C24H39NO/c1-4-5-6-7-8-9-10-11-12-13-14-15-16-17-18-19-20-21-22-25-24(26)23(2)3/h15-22H,2,4-14H2,1,3H3,(H,25,26). The minimum atomic E-state index is -0.153. The zero-order valence-corrected chi connectivity index (χ0v) is 17.0. The van der Waals surface area contributed by atoms with Crippen LogP contribution in [0.15, 0.2) is 60.9 Å². The summed E-state index contributed by atoms with van der Waals surface area (Å²) in [6, 6.07) is 0. The lowest BCUT2D eigenvalue weighted by Crippen LogP contribution is -2.16. The molecule has 0 spiro atoms. The smallest absolute Gasteiger partial charge is 0.250 e. The largest absolute Gasteiger partial charge is 0.329 e. The molecular weight excluding hydrogens is 318 g/mol. The Morgan fingerprint density at radius 1 is 0.769 bits per heavy atom. The summed E-state index contributed by atoms with van der Waals surface area (Å²) in [6.07, 6.45) is 30.6. The highest BCUT2D eigenvalue weighted by Crippen LogP contribution is 2.11. The first kappa shape index (κ1) is 24.2. The molecule has 146 valence electrons. The predicted molar refractivity (Wildman–Crippen MR) is 116 cm³/mol. The van der Waals surface area contributed by atoms with E-state index in [1.807, 2.05) is 24.3 Å². The van der Waals surface area contributed by atoms with Crippen molar-refractivity contribution in [2.75, 3.05) is 0 Å². The molecule has 0 saturated heterocycles. The second-order valence-electron chi connectivity index (χ2n) is 6.78. The van der Waals surface area contributed by atoms with Crippen molar-refractivity contribution in [1.29, 1.82) is 0 Å². The average molecular weight is 358 g/mol. The SMILES string of the molecule is C=C(C)C(=O)NC=CC=CC=CC=CCCCCCCCCCCCC. The molecule has 0 atom stereocenters. The van der Waals surface area contributed by atoms with Gasteiger partial charge >= 0.3 is 0 Å². The molecule has 0 aromatic carbocycles. The molecule has 0 aliphatic heterocycles. The summed E-state index contributed by atoms with van der Waals surface area (Å²) in [5, 5.41) is 2.63. The number of amides is 1. The molecule has 0 rings (SSSR count). The van der Waals surface area contributed by atoms with Crippen molar-refractivity contribution >= 4 is 5.91 Å². The molecule has 0 heterocycles. The molecule has 0 aromatic rings. The molecule has 0 aliphatic rings. The van der Waals surface area contributed by atoms with Crippen LogP contribution in [0.25, 0.3) is 0 Å². The van der Waals surface area contributed by atoms with E-state index in [-0.39, 0.29) is 5.91 Å². The Morgan fingerprint density at radius 2 is 1.27 bits per heavy atom. The van der Waals surface area contributed by atoms with Crippen molar-refractivity contribution < 1.29 is 4.79 Å². The van der Waals surface area contributed by atoms with Gasteiger partial charge in [0, 0.05) is 11.8 Å². The van der Waals surface area contributed by atoms with E-state index in [1.165, 1.54) is 64.2 Å². The Morgan fingerprint density at radius 3 is 1.85 bits per heavy atom. The lowest BCUT2D eigenvalue weighted by Gasteiger charge is -2.01. The molecule has 0 unspecified atom stereocenters. The van der Waals surface area contributed by atoms with Gasteiger partial charge in [-0.1, -0.05) is 108 Å². The van der Waals surface area contributed by atoms with Crippen LogP contribution in [-0.4, -0.2) is 5.91 Å². The number of nitrogens with one attached hydrogen (secondary N) is 1. The predicted octanol–water partition coefficient (Wildman–Crippen LogP) is 7.17. The number of rotatable bonds is 16. The number of carbonyl (C=O) groups is 1. The maximum atomic E-state index is 11.2. The summed E-state index contributed by atoms with van der Waals surface area (Å²) in [6.45, 7) is 7.53. The van der Waals surface area contributed by atoms with Crippen LogP contribution < -0.4 is 5.32 Å². The van der Waals surface area contributed by atoms with Crippen molar-refractivity contribution in [2.24, 2.45) is 0 Å². The molecule has 26 heavy (non-hydrogen) atoms. The Bertz CT molecular complexity index is 469. The Labute approximate surface area is 161 Å². The van der Waals surface area contributed by atoms with Crippen molar-refractivity contribution in [3.05, 3.63) is 60.9 Å². The number of allylic oxidation sites excluding steroid dienone is 7. The fraction of sp³-hybridized carbons (Fsp3) is 0.542. The van der Waals surface area contributed by atoms with E-state index in [2.05, 4.69) is 31.0 Å². The highest BCUT2D eigenvalue weighted by atomic mass is 16.1. The summed E-state index contributed by atoms with van der Waals surface area (Å²) in [7, 11) is 0. The summed E-state index contributed by atoms with van der Waals surface area (Å²) in [5.41, 5.74) is 0.506. The van der Waals surface area contributed by atoms with E-state index in [0.717, 1.165) is 6.42 Å². The second kappa shape index (κ2) is 19.5.